The Morgan fingerprint density at radius 3 is 1.98 bits per heavy atom. The molecular formula is C37H22ClN3O. The molecule has 4 nitrogen and oxygen atoms in total. The summed E-state index contributed by atoms with van der Waals surface area (Å²) in [6, 6.07) is 44.8. The first-order valence-electron chi connectivity index (χ1n) is 13.7. The number of hydrogen-bond acceptors (Lipinski definition) is 4. The van der Waals surface area contributed by atoms with E-state index in [1.165, 1.54) is 0 Å². The van der Waals surface area contributed by atoms with Gasteiger partial charge in [-0.2, -0.15) is 0 Å². The van der Waals surface area contributed by atoms with Crippen molar-refractivity contribution in [1.29, 1.82) is 0 Å². The molecule has 8 rings (SSSR count). The van der Waals surface area contributed by atoms with Crippen LogP contribution in [-0.4, -0.2) is 15.0 Å². The number of para-hydroxylation sites is 1. The van der Waals surface area contributed by atoms with Crippen LogP contribution in [0.3, 0.4) is 0 Å². The third-order valence-corrected chi connectivity index (χ3v) is 7.81. The molecule has 0 saturated carbocycles. The van der Waals surface area contributed by atoms with Crippen LogP contribution in [-0.2, 0) is 0 Å². The maximum absolute atomic E-state index is 6.42. The fourth-order valence-corrected chi connectivity index (χ4v) is 5.82. The normalized spacial score (nSPS) is 11.5. The summed E-state index contributed by atoms with van der Waals surface area (Å²) < 4.78 is 6.19. The molecule has 2 heterocycles. The average molecular weight is 560 g/mol. The molecule has 0 aliphatic rings. The molecule has 0 bridgehead atoms. The third kappa shape index (κ3) is 4.21. The van der Waals surface area contributed by atoms with Crippen molar-refractivity contribution in [2.45, 2.75) is 0 Å². The van der Waals surface area contributed by atoms with Gasteiger partial charge in [-0.25, -0.2) is 15.0 Å². The summed E-state index contributed by atoms with van der Waals surface area (Å²) in [5.41, 5.74) is 6.47. The average Bonchev–Trinajstić information content (AvgIpc) is 3.43. The fourth-order valence-electron chi connectivity index (χ4n) is 5.63. The summed E-state index contributed by atoms with van der Waals surface area (Å²) in [5.74, 6) is 1.71. The van der Waals surface area contributed by atoms with Gasteiger partial charge in [0.15, 0.2) is 17.5 Å². The van der Waals surface area contributed by atoms with E-state index in [2.05, 4.69) is 60.7 Å². The van der Waals surface area contributed by atoms with Crippen molar-refractivity contribution < 1.29 is 4.42 Å². The van der Waals surface area contributed by atoms with Gasteiger partial charge < -0.3 is 4.42 Å². The zero-order valence-corrected chi connectivity index (χ0v) is 23.1. The number of rotatable bonds is 4. The fraction of sp³-hybridized carbons (Fsp3) is 0. The van der Waals surface area contributed by atoms with Crippen LogP contribution in [0.25, 0.3) is 78.0 Å². The van der Waals surface area contributed by atoms with E-state index in [9.17, 15) is 0 Å². The van der Waals surface area contributed by atoms with Crippen LogP contribution in [0.4, 0.5) is 0 Å². The summed E-state index contributed by atoms with van der Waals surface area (Å²) >= 11 is 6.42. The van der Waals surface area contributed by atoms with Crippen molar-refractivity contribution in [2.24, 2.45) is 0 Å². The van der Waals surface area contributed by atoms with Gasteiger partial charge in [0.25, 0.3) is 0 Å². The quantitative estimate of drug-likeness (QED) is 0.215. The van der Waals surface area contributed by atoms with Gasteiger partial charge >= 0.3 is 0 Å². The van der Waals surface area contributed by atoms with Crippen molar-refractivity contribution in [3.8, 4) is 45.3 Å². The molecule has 0 saturated heterocycles. The number of hydrogen-bond donors (Lipinski definition) is 0. The molecule has 0 N–H and O–H groups in total. The second kappa shape index (κ2) is 9.95. The van der Waals surface area contributed by atoms with Crippen LogP contribution in [0, 0.1) is 0 Å². The van der Waals surface area contributed by atoms with Gasteiger partial charge in [0.2, 0.25) is 0 Å². The number of halogens is 1. The zero-order valence-electron chi connectivity index (χ0n) is 22.3. The first-order chi connectivity index (χ1) is 20.7. The number of aromatic nitrogens is 3. The van der Waals surface area contributed by atoms with Crippen LogP contribution in [0.1, 0.15) is 0 Å². The molecule has 8 aromatic rings. The molecular weight excluding hydrogens is 538 g/mol. The highest BCUT2D eigenvalue weighted by molar-refractivity contribution is 6.30. The van der Waals surface area contributed by atoms with Crippen molar-refractivity contribution in [3.63, 3.8) is 0 Å². The minimum absolute atomic E-state index is 0.552. The van der Waals surface area contributed by atoms with Crippen LogP contribution in [0.2, 0.25) is 5.02 Å². The van der Waals surface area contributed by atoms with Gasteiger partial charge in [-0.15, -0.1) is 0 Å². The first kappa shape index (κ1) is 24.5. The lowest BCUT2D eigenvalue weighted by Crippen LogP contribution is -2.01. The van der Waals surface area contributed by atoms with Crippen molar-refractivity contribution >= 4 is 44.3 Å². The molecule has 0 aliphatic heterocycles. The number of fused-ring (bicyclic) bond motifs is 4. The molecule has 0 aliphatic carbocycles. The first-order valence-corrected chi connectivity index (χ1v) is 14.1. The lowest BCUT2D eigenvalue weighted by molar-refractivity contribution is 0.669. The van der Waals surface area contributed by atoms with Crippen LogP contribution in [0.15, 0.2) is 138 Å². The van der Waals surface area contributed by atoms with E-state index in [1.54, 1.807) is 0 Å². The number of benzene rings is 6. The zero-order chi connectivity index (χ0) is 28.0. The summed E-state index contributed by atoms with van der Waals surface area (Å²) in [7, 11) is 0. The predicted molar refractivity (Wildman–Crippen MR) is 171 cm³/mol. The highest BCUT2D eigenvalue weighted by atomic mass is 35.5. The maximum atomic E-state index is 6.42. The maximum Gasteiger partial charge on any atom is 0.164 e. The predicted octanol–water partition coefficient (Wildman–Crippen LogP) is 10.2. The summed E-state index contributed by atoms with van der Waals surface area (Å²) in [6.45, 7) is 0. The molecule has 0 atom stereocenters. The molecule has 198 valence electrons. The minimum Gasteiger partial charge on any atom is -0.456 e. The Hall–Kier alpha value is -5.32. The molecule has 2 aromatic heterocycles. The SMILES string of the molecule is Clc1cccc(-c2nc(-c3cc(-c4ccccc4)cc4ccccc34)nc(-c3cccc4oc5ccccc5c34)n2)c1. The molecule has 0 amide bonds. The molecule has 6 aromatic carbocycles. The largest absolute Gasteiger partial charge is 0.456 e. The van der Waals surface area contributed by atoms with E-state index >= 15 is 0 Å². The van der Waals surface area contributed by atoms with Crippen molar-refractivity contribution in [3.05, 3.63) is 138 Å². The van der Waals surface area contributed by atoms with E-state index in [4.69, 9.17) is 31.0 Å². The Balaban J connectivity index is 1.44. The smallest absolute Gasteiger partial charge is 0.164 e. The van der Waals surface area contributed by atoms with Gasteiger partial charge in [0.1, 0.15) is 11.2 Å². The second-order valence-electron chi connectivity index (χ2n) is 10.2. The Morgan fingerprint density at radius 1 is 0.452 bits per heavy atom. The molecule has 42 heavy (non-hydrogen) atoms. The molecule has 0 spiro atoms. The lowest BCUT2D eigenvalue weighted by Gasteiger charge is -2.13. The topological polar surface area (TPSA) is 51.8 Å². The van der Waals surface area contributed by atoms with E-state index in [0.717, 1.165) is 60.5 Å². The Bertz CT molecular complexity index is 2270. The van der Waals surface area contributed by atoms with Crippen molar-refractivity contribution in [1.82, 2.24) is 15.0 Å². The summed E-state index contributed by atoms with van der Waals surface area (Å²) in [4.78, 5) is 15.2. The van der Waals surface area contributed by atoms with Gasteiger partial charge in [0.05, 0.1) is 0 Å². The molecule has 0 radical (unpaired) electrons. The summed E-state index contributed by atoms with van der Waals surface area (Å²) in [5, 5.41) is 4.80. The molecule has 0 fully saturated rings. The lowest BCUT2D eigenvalue weighted by atomic mass is 9.96. The van der Waals surface area contributed by atoms with Crippen molar-refractivity contribution in [2.75, 3.05) is 0 Å². The molecule has 0 unspecified atom stereocenters. The number of furan rings is 1. The highest BCUT2D eigenvalue weighted by Crippen LogP contribution is 2.38. The number of nitrogens with zero attached hydrogens (tertiary/aromatic N) is 3. The van der Waals surface area contributed by atoms with E-state index in [0.29, 0.717) is 22.5 Å². The van der Waals surface area contributed by atoms with Crippen LogP contribution in [0.5, 0.6) is 0 Å². The Labute approximate surface area is 246 Å². The third-order valence-electron chi connectivity index (χ3n) is 7.57. The van der Waals surface area contributed by atoms with Gasteiger partial charge in [-0.05, 0) is 58.3 Å². The van der Waals surface area contributed by atoms with E-state index < -0.39 is 0 Å². The summed E-state index contributed by atoms with van der Waals surface area (Å²) in [6.07, 6.45) is 0. The Kier molecular flexibility index (Phi) is 5.80. The van der Waals surface area contributed by atoms with Gasteiger partial charge in [-0.1, -0.05) is 109 Å². The highest BCUT2D eigenvalue weighted by Gasteiger charge is 2.19. The minimum atomic E-state index is 0.552. The van der Waals surface area contributed by atoms with Gasteiger partial charge in [-0.3, -0.25) is 0 Å². The standard InChI is InChI=1S/C37H22ClN3O/c38-27-14-8-13-25(21-27)35-39-36(30-17-9-19-33-34(30)29-16-6-7-18-32(29)42-33)41-37(40-35)31-22-26(23-10-2-1-3-11-23)20-24-12-4-5-15-28(24)31/h1-22H. The van der Waals surface area contributed by atoms with Crippen LogP contribution < -0.4 is 0 Å². The van der Waals surface area contributed by atoms with E-state index in [-0.39, 0.29) is 0 Å². The second-order valence-corrected chi connectivity index (χ2v) is 10.6. The molecule has 5 heteroatoms. The monoisotopic (exact) mass is 559 g/mol. The Morgan fingerprint density at radius 2 is 1.12 bits per heavy atom. The van der Waals surface area contributed by atoms with E-state index in [1.807, 2.05) is 72.8 Å². The van der Waals surface area contributed by atoms with Gasteiger partial charge in [0, 0.05) is 32.5 Å². The van der Waals surface area contributed by atoms with Crippen LogP contribution >= 0.6 is 11.6 Å².